The number of hydrogen-bond donors (Lipinski definition) is 1. The highest BCUT2D eigenvalue weighted by atomic mass is 32.2. The average Bonchev–Trinajstić information content (AvgIpc) is 2.85. The lowest BCUT2D eigenvalue weighted by atomic mass is 9.99. The van der Waals surface area contributed by atoms with E-state index >= 15 is 0 Å². The summed E-state index contributed by atoms with van der Waals surface area (Å²) in [5, 5.41) is 0. The largest absolute Gasteiger partial charge is 0.312 e. The summed E-state index contributed by atoms with van der Waals surface area (Å²) in [6, 6.07) is 12.8. The molecule has 0 bridgehead atoms. The summed E-state index contributed by atoms with van der Waals surface area (Å²) >= 11 is 0. The van der Waals surface area contributed by atoms with Crippen LogP contribution < -0.4 is 9.62 Å². The van der Waals surface area contributed by atoms with Crippen LogP contribution in [0.4, 0.5) is 11.4 Å². The Morgan fingerprint density at radius 3 is 2.62 bits per heavy atom. The molecule has 0 saturated carbocycles. The van der Waals surface area contributed by atoms with Crippen molar-refractivity contribution in [2.75, 3.05) is 16.2 Å². The van der Waals surface area contributed by atoms with Gasteiger partial charge in [-0.2, -0.15) is 0 Å². The Hall–Kier alpha value is -2.34. The van der Waals surface area contributed by atoms with Gasteiger partial charge in [0.05, 0.1) is 17.9 Å². The van der Waals surface area contributed by atoms with Crippen LogP contribution in [0.1, 0.15) is 23.1 Å². The highest BCUT2D eigenvalue weighted by Gasteiger charge is 2.32. The molecule has 0 aromatic heterocycles. The normalized spacial score (nSPS) is 16.2. The van der Waals surface area contributed by atoms with Gasteiger partial charge < -0.3 is 4.90 Å². The van der Waals surface area contributed by atoms with E-state index in [4.69, 9.17) is 0 Å². The lowest BCUT2D eigenvalue weighted by molar-refractivity contribution is -0.117. The Bertz CT molecular complexity index is 907. The topological polar surface area (TPSA) is 66.5 Å². The van der Waals surface area contributed by atoms with E-state index in [9.17, 15) is 13.2 Å². The Labute approximate surface area is 141 Å². The van der Waals surface area contributed by atoms with Crippen molar-refractivity contribution in [3.63, 3.8) is 0 Å². The summed E-state index contributed by atoms with van der Waals surface area (Å²) < 4.78 is 27.5. The number of nitrogens with one attached hydrogen (secondary N) is 1. The summed E-state index contributed by atoms with van der Waals surface area (Å²) in [6.45, 7) is 0.762. The van der Waals surface area contributed by atoms with Crippen LogP contribution in [0, 0.1) is 0 Å². The van der Waals surface area contributed by atoms with Gasteiger partial charge in [0.25, 0.3) is 0 Å². The van der Waals surface area contributed by atoms with Gasteiger partial charge in [-0.05, 0) is 41.7 Å². The maximum absolute atomic E-state index is 12.4. The van der Waals surface area contributed by atoms with Gasteiger partial charge >= 0.3 is 0 Å². The number of sulfonamides is 1. The van der Waals surface area contributed by atoms with Crippen molar-refractivity contribution in [2.24, 2.45) is 0 Å². The molecule has 0 atom stereocenters. The standard InChI is InChI=1S/C18H18N2O3S/c21-17-11-15-10-16(9-14-7-4-8-20(17)18(14)15)19-24(22,23)12-13-5-2-1-3-6-13/h1-3,5-6,9-10,19H,4,7-8,11-12H2. The summed E-state index contributed by atoms with van der Waals surface area (Å²) in [4.78, 5) is 13.9. The molecular weight excluding hydrogens is 324 g/mol. The quantitative estimate of drug-likeness (QED) is 0.928. The van der Waals surface area contributed by atoms with Crippen molar-refractivity contribution >= 4 is 27.3 Å². The molecule has 2 aromatic carbocycles. The fraction of sp³-hybridized carbons (Fsp3) is 0.278. The lowest BCUT2D eigenvalue weighted by Crippen LogP contribution is -2.31. The van der Waals surface area contributed by atoms with Crippen molar-refractivity contribution in [1.29, 1.82) is 0 Å². The maximum Gasteiger partial charge on any atom is 0.236 e. The molecule has 0 aliphatic carbocycles. The second-order valence-electron chi connectivity index (χ2n) is 6.32. The van der Waals surface area contributed by atoms with Crippen molar-refractivity contribution in [3.8, 4) is 0 Å². The molecule has 2 aromatic rings. The summed E-state index contributed by atoms with van der Waals surface area (Å²) in [6.07, 6.45) is 2.15. The van der Waals surface area contributed by atoms with Crippen LogP contribution in [0.15, 0.2) is 42.5 Å². The average molecular weight is 342 g/mol. The Balaban J connectivity index is 1.62. The molecule has 0 radical (unpaired) electrons. The number of amides is 1. The molecule has 0 unspecified atom stereocenters. The SMILES string of the molecule is O=C1Cc2cc(NS(=O)(=O)Cc3ccccc3)cc3c2N1CCC3. The van der Waals surface area contributed by atoms with E-state index in [0.29, 0.717) is 12.1 Å². The Morgan fingerprint density at radius 1 is 1.08 bits per heavy atom. The number of benzene rings is 2. The van der Waals surface area contributed by atoms with Crippen molar-refractivity contribution in [3.05, 3.63) is 59.2 Å². The maximum atomic E-state index is 12.4. The van der Waals surface area contributed by atoms with Crippen LogP contribution in [0.3, 0.4) is 0 Å². The van der Waals surface area contributed by atoms with E-state index in [0.717, 1.165) is 41.8 Å². The third kappa shape index (κ3) is 2.78. The molecule has 1 N–H and O–H groups in total. The van der Waals surface area contributed by atoms with Crippen LogP contribution in [0.5, 0.6) is 0 Å². The van der Waals surface area contributed by atoms with E-state index in [-0.39, 0.29) is 11.7 Å². The molecule has 5 nitrogen and oxygen atoms in total. The first kappa shape index (κ1) is 15.2. The summed E-state index contributed by atoms with van der Waals surface area (Å²) in [7, 11) is -3.49. The van der Waals surface area contributed by atoms with Crippen LogP contribution in [0.2, 0.25) is 0 Å². The number of nitrogens with zero attached hydrogens (tertiary/aromatic N) is 1. The highest BCUT2D eigenvalue weighted by molar-refractivity contribution is 7.91. The van der Waals surface area contributed by atoms with Gasteiger partial charge in [0.1, 0.15) is 0 Å². The Kier molecular flexibility index (Phi) is 3.57. The van der Waals surface area contributed by atoms with Gasteiger partial charge in [-0.1, -0.05) is 30.3 Å². The summed E-state index contributed by atoms with van der Waals surface area (Å²) in [5.74, 6) is 0.0425. The smallest absolute Gasteiger partial charge is 0.236 e. The molecule has 6 heteroatoms. The molecule has 4 rings (SSSR count). The predicted molar refractivity (Wildman–Crippen MR) is 93.5 cm³/mol. The van der Waals surface area contributed by atoms with E-state index in [1.807, 2.05) is 29.2 Å². The van der Waals surface area contributed by atoms with Crippen LogP contribution in [0.25, 0.3) is 0 Å². The molecule has 24 heavy (non-hydrogen) atoms. The molecule has 0 spiro atoms. The number of aryl methyl sites for hydroxylation is 1. The predicted octanol–water partition coefficient (Wildman–Crippen LogP) is 2.46. The molecule has 1 amide bonds. The van der Waals surface area contributed by atoms with Crippen molar-refractivity contribution < 1.29 is 13.2 Å². The van der Waals surface area contributed by atoms with Gasteiger partial charge in [0.2, 0.25) is 15.9 Å². The van der Waals surface area contributed by atoms with Crippen LogP contribution in [-0.4, -0.2) is 20.9 Å². The van der Waals surface area contributed by atoms with Gasteiger partial charge in [-0.3, -0.25) is 9.52 Å². The number of rotatable bonds is 4. The monoisotopic (exact) mass is 342 g/mol. The minimum absolute atomic E-state index is 0.0642. The van der Waals surface area contributed by atoms with E-state index in [1.54, 1.807) is 18.2 Å². The highest BCUT2D eigenvalue weighted by Crippen LogP contribution is 2.39. The first-order valence-corrected chi connectivity index (χ1v) is 9.68. The zero-order valence-corrected chi connectivity index (χ0v) is 14.0. The molecule has 2 aliphatic rings. The molecular formula is C18H18N2O3S. The number of carbonyl (C=O) groups excluding carboxylic acids is 1. The number of hydrogen-bond acceptors (Lipinski definition) is 3. The third-order valence-corrected chi connectivity index (χ3v) is 5.74. The minimum Gasteiger partial charge on any atom is -0.312 e. The first-order valence-electron chi connectivity index (χ1n) is 8.02. The van der Waals surface area contributed by atoms with Gasteiger partial charge in [-0.25, -0.2) is 8.42 Å². The molecule has 2 aliphatic heterocycles. The van der Waals surface area contributed by atoms with Crippen molar-refractivity contribution in [1.82, 2.24) is 0 Å². The lowest BCUT2D eigenvalue weighted by Gasteiger charge is -2.26. The number of anilines is 2. The third-order valence-electron chi connectivity index (χ3n) is 4.48. The second kappa shape index (κ2) is 5.63. The van der Waals surface area contributed by atoms with E-state index in [2.05, 4.69) is 4.72 Å². The van der Waals surface area contributed by atoms with E-state index < -0.39 is 10.0 Å². The second-order valence-corrected chi connectivity index (χ2v) is 8.04. The van der Waals surface area contributed by atoms with Crippen LogP contribution in [-0.2, 0) is 33.4 Å². The molecule has 124 valence electrons. The minimum atomic E-state index is -3.49. The van der Waals surface area contributed by atoms with Crippen LogP contribution >= 0.6 is 0 Å². The zero-order chi connectivity index (χ0) is 16.7. The van der Waals surface area contributed by atoms with E-state index in [1.165, 1.54) is 0 Å². The summed E-state index contributed by atoms with van der Waals surface area (Å²) in [5.41, 5.74) is 4.28. The van der Waals surface area contributed by atoms with Gasteiger partial charge in [0, 0.05) is 12.2 Å². The molecule has 0 fully saturated rings. The molecule has 2 heterocycles. The molecule has 0 saturated heterocycles. The first-order chi connectivity index (χ1) is 11.5. The van der Waals surface area contributed by atoms with Gasteiger partial charge in [-0.15, -0.1) is 0 Å². The van der Waals surface area contributed by atoms with Crippen molar-refractivity contribution in [2.45, 2.75) is 25.0 Å². The zero-order valence-electron chi connectivity index (χ0n) is 13.2. The Morgan fingerprint density at radius 2 is 1.83 bits per heavy atom. The fourth-order valence-corrected chi connectivity index (χ4v) is 4.73. The van der Waals surface area contributed by atoms with Gasteiger partial charge in [0.15, 0.2) is 0 Å². The fourth-order valence-electron chi connectivity index (χ4n) is 3.55. The number of carbonyl (C=O) groups is 1.